The van der Waals surface area contributed by atoms with E-state index in [1.54, 1.807) is 19.1 Å². The van der Waals surface area contributed by atoms with E-state index in [-0.39, 0.29) is 6.61 Å². The molecule has 2 aromatic rings. The zero-order chi connectivity index (χ0) is 13.9. The van der Waals surface area contributed by atoms with Gasteiger partial charge in [-0.2, -0.15) is 0 Å². The zero-order valence-electron chi connectivity index (χ0n) is 11.0. The van der Waals surface area contributed by atoms with Gasteiger partial charge >= 0.3 is 7.60 Å². The van der Waals surface area contributed by atoms with E-state index in [1.807, 2.05) is 43.3 Å². The van der Waals surface area contributed by atoms with Gasteiger partial charge < -0.3 is 9.42 Å². The first-order valence-corrected chi connectivity index (χ1v) is 7.76. The van der Waals surface area contributed by atoms with Crippen LogP contribution in [0.15, 0.2) is 48.5 Å². The van der Waals surface area contributed by atoms with Crippen molar-refractivity contribution in [2.75, 3.05) is 6.61 Å². The standard InChI is InChI=1S/C15H17O3P/c1-3-18-19(16,17)15-10-5-4-9-14(15)13-8-6-7-12(2)11-13/h4-11H,3H2,1-2H3,(H,16,17). The SMILES string of the molecule is CCOP(=O)(O)c1ccccc1-c1cccc(C)c1. The minimum absolute atomic E-state index is 0.204. The monoisotopic (exact) mass is 276 g/mol. The van der Waals surface area contributed by atoms with E-state index in [0.29, 0.717) is 5.30 Å². The molecule has 0 bridgehead atoms. The van der Waals surface area contributed by atoms with Gasteiger partial charge in [-0.25, -0.2) is 0 Å². The highest BCUT2D eigenvalue weighted by molar-refractivity contribution is 7.61. The lowest BCUT2D eigenvalue weighted by Gasteiger charge is -2.15. The van der Waals surface area contributed by atoms with Gasteiger partial charge in [-0.05, 0) is 31.0 Å². The summed E-state index contributed by atoms with van der Waals surface area (Å²) in [5.41, 5.74) is 2.77. The van der Waals surface area contributed by atoms with E-state index in [9.17, 15) is 9.46 Å². The Morgan fingerprint density at radius 1 is 1.16 bits per heavy atom. The van der Waals surface area contributed by atoms with Crippen LogP contribution in [0, 0.1) is 6.92 Å². The molecule has 19 heavy (non-hydrogen) atoms. The Morgan fingerprint density at radius 3 is 2.58 bits per heavy atom. The number of rotatable bonds is 4. The van der Waals surface area contributed by atoms with Crippen LogP contribution < -0.4 is 5.30 Å². The molecule has 0 aliphatic carbocycles. The summed E-state index contributed by atoms with van der Waals surface area (Å²) < 4.78 is 17.2. The molecule has 100 valence electrons. The van der Waals surface area contributed by atoms with Crippen molar-refractivity contribution >= 4 is 12.9 Å². The van der Waals surface area contributed by atoms with Gasteiger partial charge in [-0.1, -0.05) is 48.0 Å². The molecule has 0 saturated heterocycles. The summed E-state index contributed by atoms with van der Waals surface area (Å²) in [6.45, 7) is 3.90. The molecule has 1 unspecified atom stereocenters. The maximum atomic E-state index is 12.2. The summed E-state index contributed by atoms with van der Waals surface area (Å²) >= 11 is 0. The lowest BCUT2D eigenvalue weighted by Crippen LogP contribution is -2.10. The van der Waals surface area contributed by atoms with Gasteiger partial charge in [0.25, 0.3) is 0 Å². The third kappa shape index (κ3) is 3.13. The number of benzene rings is 2. The Hall–Kier alpha value is -1.41. The third-order valence-corrected chi connectivity index (χ3v) is 4.45. The van der Waals surface area contributed by atoms with Gasteiger partial charge in [0.1, 0.15) is 0 Å². The van der Waals surface area contributed by atoms with Crippen molar-refractivity contribution in [2.24, 2.45) is 0 Å². The summed E-state index contributed by atoms with van der Waals surface area (Å²) in [7, 11) is -3.76. The molecule has 2 rings (SSSR count). The van der Waals surface area contributed by atoms with E-state index < -0.39 is 7.60 Å². The van der Waals surface area contributed by atoms with Gasteiger partial charge in [0, 0.05) is 0 Å². The topological polar surface area (TPSA) is 46.5 Å². The van der Waals surface area contributed by atoms with E-state index in [0.717, 1.165) is 16.7 Å². The minimum Gasteiger partial charge on any atom is -0.321 e. The summed E-state index contributed by atoms with van der Waals surface area (Å²) in [4.78, 5) is 10.0. The van der Waals surface area contributed by atoms with Crippen LogP contribution in [0.5, 0.6) is 0 Å². The minimum atomic E-state index is -3.76. The fourth-order valence-electron chi connectivity index (χ4n) is 2.02. The Bertz CT molecular complexity index is 622. The molecule has 0 saturated carbocycles. The smallest absolute Gasteiger partial charge is 0.321 e. The Morgan fingerprint density at radius 2 is 1.89 bits per heavy atom. The normalized spacial score (nSPS) is 14.1. The van der Waals surface area contributed by atoms with Crippen LogP contribution in [0.1, 0.15) is 12.5 Å². The Balaban J connectivity index is 2.56. The second-order valence-corrected chi connectivity index (χ2v) is 6.11. The van der Waals surface area contributed by atoms with Crippen molar-refractivity contribution in [3.8, 4) is 11.1 Å². The van der Waals surface area contributed by atoms with Crippen molar-refractivity contribution in [1.29, 1.82) is 0 Å². The molecule has 0 fully saturated rings. The van der Waals surface area contributed by atoms with Gasteiger partial charge in [0.15, 0.2) is 0 Å². The third-order valence-electron chi connectivity index (χ3n) is 2.84. The van der Waals surface area contributed by atoms with E-state index in [4.69, 9.17) is 4.52 Å². The number of aryl methyl sites for hydroxylation is 1. The predicted molar refractivity (Wildman–Crippen MR) is 77.7 cm³/mol. The second-order valence-electron chi connectivity index (χ2n) is 4.32. The molecular weight excluding hydrogens is 259 g/mol. The zero-order valence-corrected chi connectivity index (χ0v) is 11.9. The van der Waals surface area contributed by atoms with Gasteiger partial charge in [-0.15, -0.1) is 0 Å². The first-order chi connectivity index (χ1) is 9.04. The highest BCUT2D eigenvalue weighted by atomic mass is 31.2. The lowest BCUT2D eigenvalue weighted by atomic mass is 10.0. The van der Waals surface area contributed by atoms with Gasteiger partial charge in [0.05, 0.1) is 11.9 Å². The van der Waals surface area contributed by atoms with Crippen LogP contribution in [0.4, 0.5) is 0 Å². The molecule has 3 nitrogen and oxygen atoms in total. The highest BCUT2D eigenvalue weighted by Gasteiger charge is 2.25. The fourth-order valence-corrected chi connectivity index (χ4v) is 3.29. The Kier molecular flexibility index (Phi) is 4.20. The van der Waals surface area contributed by atoms with Crippen molar-refractivity contribution in [2.45, 2.75) is 13.8 Å². The van der Waals surface area contributed by atoms with Crippen molar-refractivity contribution in [3.05, 3.63) is 54.1 Å². The predicted octanol–water partition coefficient (Wildman–Crippen LogP) is 3.51. The summed E-state index contributed by atoms with van der Waals surface area (Å²) in [5.74, 6) is 0. The largest absolute Gasteiger partial charge is 0.359 e. The molecule has 0 amide bonds. The molecule has 0 aliphatic rings. The molecule has 1 atom stereocenters. The molecule has 1 N–H and O–H groups in total. The first-order valence-electron chi connectivity index (χ1n) is 6.18. The summed E-state index contributed by atoms with van der Waals surface area (Å²) in [6, 6.07) is 14.9. The van der Waals surface area contributed by atoms with Gasteiger partial charge in [-0.3, -0.25) is 4.57 Å². The Labute approximate surface area is 113 Å². The molecule has 4 heteroatoms. The van der Waals surface area contributed by atoms with E-state index in [1.165, 1.54) is 0 Å². The summed E-state index contributed by atoms with van der Waals surface area (Å²) in [5, 5.41) is 0.349. The molecule has 0 radical (unpaired) electrons. The molecular formula is C15H17O3P. The summed E-state index contributed by atoms with van der Waals surface area (Å²) in [6.07, 6.45) is 0. The molecule has 2 aromatic carbocycles. The van der Waals surface area contributed by atoms with Crippen LogP contribution in [0.2, 0.25) is 0 Å². The van der Waals surface area contributed by atoms with Crippen LogP contribution in [-0.4, -0.2) is 11.5 Å². The van der Waals surface area contributed by atoms with E-state index in [2.05, 4.69) is 0 Å². The van der Waals surface area contributed by atoms with E-state index >= 15 is 0 Å². The van der Waals surface area contributed by atoms with Gasteiger partial charge in [0.2, 0.25) is 0 Å². The van der Waals surface area contributed by atoms with Crippen LogP contribution in [-0.2, 0) is 9.09 Å². The van der Waals surface area contributed by atoms with Crippen molar-refractivity contribution in [1.82, 2.24) is 0 Å². The molecule has 0 spiro atoms. The molecule has 0 heterocycles. The van der Waals surface area contributed by atoms with Crippen LogP contribution >= 0.6 is 7.60 Å². The number of hydrogen-bond donors (Lipinski definition) is 1. The first kappa shape index (κ1) is 14.0. The average Bonchev–Trinajstić information content (AvgIpc) is 2.39. The lowest BCUT2D eigenvalue weighted by molar-refractivity contribution is 0.284. The van der Waals surface area contributed by atoms with Crippen molar-refractivity contribution < 1.29 is 14.0 Å². The molecule has 0 aromatic heterocycles. The van der Waals surface area contributed by atoms with Crippen molar-refractivity contribution in [3.63, 3.8) is 0 Å². The van der Waals surface area contributed by atoms with Crippen LogP contribution in [0.3, 0.4) is 0 Å². The quantitative estimate of drug-likeness (QED) is 0.869. The fraction of sp³-hybridized carbons (Fsp3) is 0.200. The maximum absolute atomic E-state index is 12.2. The average molecular weight is 276 g/mol. The number of hydrogen-bond acceptors (Lipinski definition) is 2. The maximum Gasteiger partial charge on any atom is 0.359 e. The molecule has 0 aliphatic heterocycles. The second kappa shape index (κ2) is 5.70. The highest BCUT2D eigenvalue weighted by Crippen LogP contribution is 2.43. The van der Waals surface area contributed by atoms with Crippen LogP contribution in [0.25, 0.3) is 11.1 Å².